The third-order valence-corrected chi connectivity index (χ3v) is 1.96. The standard InChI is InChI=1S/C12H12O2/c1-4-9(2)12(13)10-5-7-11(14-3)8-6-10/h5-8H,1H2,2-3H3. The Kier molecular flexibility index (Phi) is 3.27. The van der Waals surface area contributed by atoms with Crippen LogP contribution >= 0.6 is 0 Å². The van der Waals surface area contributed by atoms with Gasteiger partial charge in [0, 0.05) is 11.1 Å². The Morgan fingerprint density at radius 3 is 2.36 bits per heavy atom. The Labute approximate surface area is 83.5 Å². The van der Waals surface area contributed by atoms with Crippen LogP contribution in [-0.2, 0) is 0 Å². The largest absolute Gasteiger partial charge is 0.497 e. The van der Waals surface area contributed by atoms with Gasteiger partial charge in [-0.05, 0) is 31.2 Å². The van der Waals surface area contributed by atoms with Gasteiger partial charge in [0.15, 0.2) is 5.78 Å². The van der Waals surface area contributed by atoms with Gasteiger partial charge in [-0.15, -0.1) is 5.73 Å². The van der Waals surface area contributed by atoms with Crippen molar-refractivity contribution in [1.29, 1.82) is 0 Å². The molecule has 0 aromatic heterocycles. The molecule has 0 amide bonds. The van der Waals surface area contributed by atoms with Crippen LogP contribution in [0.1, 0.15) is 17.3 Å². The second-order valence-electron chi connectivity index (χ2n) is 2.86. The number of methoxy groups -OCH3 is 1. The summed E-state index contributed by atoms with van der Waals surface area (Å²) in [6.07, 6.45) is 0. The van der Waals surface area contributed by atoms with Gasteiger partial charge in [-0.25, -0.2) is 0 Å². The number of Topliss-reactive ketones (excluding diaryl/α,β-unsaturated/α-hetero) is 1. The molecular weight excluding hydrogens is 176 g/mol. The summed E-state index contributed by atoms with van der Waals surface area (Å²) in [6, 6.07) is 6.96. The van der Waals surface area contributed by atoms with Gasteiger partial charge in [-0.3, -0.25) is 4.79 Å². The Bertz CT molecular complexity index is 381. The van der Waals surface area contributed by atoms with Crippen molar-refractivity contribution in [2.45, 2.75) is 6.92 Å². The fraction of sp³-hybridized carbons (Fsp3) is 0.167. The van der Waals surface area contributed by atoms with Crippen molar-refractivity contribution in [2.75, 3.05) is 7.11 Å². The summed E-state index contributed by atoms with van der Waals surface area (Å²) in [6.45, 7) is 5.13. The van der Waals surface area contributed by atoms with E-state index in [2.05, 4.69) is 12.3 Å². The molecule has 0 atom stereocenters. The first kappa shape index (κ1) is 10.3. The monoisotopic (exact) mass is 188 g/mol. The molecule has 0 aliphatic carbocycles. The molecule has 1 rings (SSSR count). The van der Waals surface area contributed by atoms with E-state index >= 15 is 0 Å². The number of hydrogen-bond donors (Lipinski definition) is 0. The van der Waals surface area contributed by atoms with E-state index in [0.717, 1.165) is 5.75 Å². The summed E-state index contributed by atoms with van der Waals surface area (Å²) in [5.41, 5.74) is 3.73. The van der Waals surface area contributed by atoms with E-state index in [1.54, 1.807) is 38.3 Å². The number of allylic oxidation sites excluding steroid dienone is 1. The first-order chi connectivity index (χ1) is 6.69. The normalized spacial score (nSPS) is 9.00. The van der Waals surface area contributed by atoms with Gasteiger partial charge in [0.25, 0.3) is 0 Å². The zero-order chi connectivity index (χ0) is 10.6. The van der Waals surface area contributed by atoms with Crippen LogP contribution in [0.25, 0.3) is 0 Å². The highest BCUT2D eigenvalue weighted by molar-refractivity contribution is 6.08. The van der Waals surface area contributed by atoms with Crippen molar-refractivity contribution in [3.63, 3.8) is 0 Å². The molecule has 0 bridgehead atoms. The number of ketones is 1. The van der Waals surface area contributed by atoms with Crippen LogP contribution in [0.3, 0.4) is 0 Å². The van der Waals surface area contributed by atoms with Crippen molar-refractivity contribution in [2.24, 2.45) is 0 Å². The van der Waals surface area contributed by atoms with Gasteiger partial charge in [0.2, 0.25) is 0 Å². The van der Waals surface area contributed by atoms with Gasteiger partial charge in [0.1, 0.15) is 5.75 Å². The van der Waals surface area contributed by atoms with Crippen LogP contribution in [0.15, 0.2) is 42.1 Å². The van der Waals surface area contributed by atoms with E-state index < -0.39 is 0 Å². The van der Waals surface area contributed by atoms with Gasteiger partial charge >= 0.3 is 0 Å². The molecule has 0 aliphatic heterocycles. The van der Waals surface area contributed by atoms with Crippen LogP contribution in [0, 0.1) is 0 Å². The van der Waals surface area contributed by atoms with Crippen molar-refractivity contribution >= 4 is 5.78 Å². The lowest BCUT2D eigenvalue weighted by Crippen LogP contribution is -1.99. The van der Waals surface area contributed by atoms with E-state index in [4.69, 9.17) is 4.74 Å². The second-order valence-corrected chi connectivity index (χ2v) is 2.86. The van der Waals surface area contributed by atoms with E-state index in [-0.39, 0.29) is 5.78 Å². The third-order valence-electron chi connectivity index (χ3n) is 1.96. The summed E-state index contributed by atoms with van der Waals surface area (Å²) in [5.74, 6) is 0.685. The van der Waals surface area contributed by atoms with E-state index in [1.807, 2.05) is 0 Å². The molecule has 0 radical (unpaired) electrons. The number of carbonyl (C=O) groups is 1. The molecule has 1 aromatic carbocycles. The van der Waals surface area contributed by atoms with Crippen molar-refractivity contribution in [3.05, 3.63) is 47.7 Å². The molecule has 0 heterocycles. The van der Waals surface area contributed by atoms with Crippen molar-refractivity contribution in [3.8, 4) is 5.75 Å². The quantitative estimate of drug-likeness (QED) is 0.414. The first-order valence-corrected chi connectivity index (χ1v) is 4.24. The van der Waals surface area contributed by atoms with Crippen LogP contribution in [-0.4, -0.2) is 12.9 Å². The molecule has 72 valence electrons. The lowest BCUT2D eigenvalue weighted by molar-refractivity contribution is 0.103. The van der Waals surface area contributed by atoms with Crippen LogP contribution in [0.2, 0.25) is 0 Å². The summed E-state index contributed by atoms with van der Waals surface area (Å²) < 4.78 is 4.99. The molecule has 0 saturated carbocycles. The Balaban J connectivity index is 2.98. The predicted octanol–water partition coefficient (Wildman–Crippen LogP) is 2.61. The Morgan fingerprint density at radius 2 is 1.93 bits per heavy atom. The van der Waals surface area contributed by atoms with Gasteiger partial charge in [-0.1, -0.05) is 6.58 Å². The lowest BCUT2D eigenvalue weighted by atomic mass is 10.1. The van der Waals surface area contributed by atoms with Crippen molar-refractivity contribution in [1.82, 2.24) is 0 Å². The number of carbonyl (C=O) groups excluding carboxylic acids is 1. The maximum atomic E-state index is 11.6. The molecule has 0 saturated heterocycles. The topological polar surface area (TPSA) is 26.3 Å². The van der Waals surface area contributed by atoms with E-state index in [0.29, 0.717) is 11.1 Å². The summed E-state index contributed by atoms with van der Waals surface area (Å²) in [4.78, 5) is 11.6. The fourth-order valence-corrected chi connectivity index (χ4v) is 1.04. The molecule has 14 heavy (non-hydrogen) atoms. The molecule has 0 spiro atoms. The number of rotatable bonds is 3. The molecule has 0 fully saturated rings. The molecule has 0 unspecified atom stereocenters. The van der Waals surface area contributed by atoms with Crippen LogP contribution in [0.5, 0.6) is 5.75 Å². The highest BCUT2D eigenvalue weighted by Gasteiger charge is 2.06. The molecule has 0 aliphatic rings. The molecule has 1 aromatic rings. The highest BCUT2D eigenvalue weighted by atomic mass is 16.5. The zero-order valence-corrected chi connectivity index (χ0v) is 8.33. The molecule has 2 nitrogen and oxygen atoms in total. The zero-order valence-electron chi connectivity index (χ0n) is 8.33. The fourth-order valence-electron chi connectivity index (χ4n) is 1.04. The number of ether oxygens (including phenoxy) is 1. The van der Waals surface area contributed by atoms with Gasteiger partial charge in [-0.2, -0.15) is 0 Å². The summed E-state index contributed by atoms with van der Waals surface area (Å²) in [7, 11) is 1.59. The maximum absolute atomic E-state index is 11.6. The number of hydrogen-bond acceptors (Lipinski definition) is 2. The van der Waals surface area contributed by atoms with Crippen LogP contribution in [0.4, 0.5) is 0 Å². The predicted molar refractivity (Wildman–Crippen MR) is 55.7 cm³/mol. The minimum absolute atomic E-state index is 0.0531. The first-order valence-electron chi connectivity index (χ1n) is 4.24. The Hall–Kier alpha value is -1.79. The summed E-state index contributed by atoms with van der Waals surface area (Å²) >= 11 is 0. The van der Waals surface area contributed by atoms with Gasteiger partial charge in [0.05, 0.1) is 7.11 Å². The number of benzene rings is 1. The van der Waals surface area contributed by atoms with E-state index in [1.165, 1.54) is 0 Å². The average molecular weight is 188 g/mol. The minimum Gasteiger partial charge on any atom is -0.497 e. The highest BCUT2D eigenvalue weighted by Crippen LogP contribution is 2.13. The molecular formula is C12H12O2. The van der Waals surface area contributed by atoms with Crippen LogP contribution < -0.4 is 4.74 Å². The van der Waals surface area contributed by atoms with E-state index in [9.17, 15) is 4.79 Å². The SMILES string of the molecule is C=C=C(C)C(=O)c1ccc(OC)cc1. The molecule has 0 N–H and O–H groups in total. The molecule has 2 heteroatoms. The van der Waals surface area contributed by atoms with Crippen molar-refractivity contribution < 1.29 is 9.53 Å². The maximum Gasteiger partial charge on any atom is 0.196 e. The average Bonchev–Trinajstić information content (AvgIpc) is 2.27. The smallest absolute Gasteiger partial charge is 0.196 e. The van der Waals surface area contributed by atoms with Gasteiger partial charge < -0.3 is 4.74 Å². The second kappa shape index (κ2) is 4.45. The summed E-state index contributed by atoms with van der Waals surface area (Å²) in [5, 5.41) is 0. The Morgan fingerprint density at radius 1 is 1.36 bits per heavy atom. The third kappa shape index (κ3) is 2.12. The lowest BCUT2D eigenvalue weighted by Gasteiger charge is -2.01. The minimum atomic E-state index is -0.0531.